The molecule has 0 unspecified atom stereocenters. The second kappa shape index (κ2) is 8.69. The number of hydrogen-bond donors (Lipinski definition) is 1. The predicted molar refractivity (Wildman–Crippen MR) is 123 cm³/mol. The van der Waals surface area contributed by atoms with Crippen LogP contribution in [-0.2, 0) is 6.42 Å². The van der Waals surface area contributed by atoms with E-state index in [1.807, 2.05) is 42.0 Å². The molecule has 0 aliphatic heterocycles. The molecule has 0 spiro atoms. The molecule has 8 heteroatoms. The summed E-state index contributed by atoms with van der Waals surface area (Å²) in [5.41, 5.74) is 2.17. The molecule has 0 atom stereocenters. The van der Waals surface area contributed by atoms with Gasteiger partial charge >= 0.3 is 5.97 Å². The molecule has 2 aromatic heterocycles. The van der Waals surface area contributed by atoms with Crippen LogP contribution in [0.5, 0.6) is 0 Å². The highest BCUT2D eigenvalue weighted by atomic mass is 79.9. The number of aromatic carboxylic acids is 1. The van der Waals surface area contributed by atoms with Crippen molar-refractivity contribution in [1.82, 2.24) is 14.2 Å². The highest BCUT2D eigenvalue weighted by molar-refractivity contribution is 9.10. The maximum atomic E-state index is 13.1. The largest absolute Gasteiger partial charge is 0.478 e. The van der Waals surface area contributed by atoms with E-state index >= 15 is 0 Å². The minimum absolute atomic E-state index is 0.218. The van der Waals surface area contributed by atoms with Gasteiger partial charge in [-0.25, -0.2) is 9.78 Å². The number of benzene rings is 2. The molecule has 0 radical (unpaired) electrons. The maximum absolute atomic E-state index is 13.1. The Kier molecular flexibility index (Phi) is 5.81. The summed E-state index contributed by atoms with van der Waals surface area (Å²) in [5.74, 6) is -0.374. The predicted octanol–water partition coefficient (Wildman–Crippen LogP) is 4.48. The number of halogens is 1. The first kappa shape index (κ1) is 20.7. The Morgan fingerprint density at radius 1 is 1.19 bits per heavy atom. The van der Waals surface area contributed by atoms with Crippen molar-refractivity contribution in [2.45, 2.75) is 19.8 Å². The molecule has 0 bridgehead atoms. The first-order valence-corrected chi connectivity index (χ1v) is 10.5. The zero-order valence-electron chi connectivity index (χ0n) is 16.7. The lowest BCUT2D eigenvalue weighted by Crippen LogP contribution is -2.22. The number of carboxylic acids is 1. The van der Waals surface area contributed by atoms with Crippen molar-refractivity contribution >= 4 is 39.0 Å². The molecule has 7 nitrogen and oxygen atoms in total. The lowest BCUT2D eigenvalue weighted by molar-refractivity contribution is 0.0697. The van der Waals surface area contributed by atoms with Crippen LogP contribution in [0.1, 0.15) is 35.2 Å². The fourth-order valence-electron chi connectivity index (χ4n) is 3.32. The fraction of sp³-hybridized carbons (Fsp3) is 0.130. The van der Waals surface area contributed by atoms with Crippen molar-refractivity contribution in [2.24, 2.45) is 5.10 Å². The van der Waals surface area contributed by atoms with Gasteiger partial charge in [0.15, 0.2) is 0 Å². The molecule has 2 heterocycles. The number of carbonyl (C=O) groups is 1. The summed E-state index contributed by atoms with van der Waals surface area (Å²) >= 11 is 3.41. The number of carboxylic acid groups (broad SMARTS) is 1. The molecule has 0 saturated carbocycles. The van der Waals surface area contributed by atoms with Crippen LogP contribution in [0, 0.1) is 0 Å². The van der Waals surface area contributed by atoms with Crippen LogP contribution in [0.3, 0.4) is 0 Å². The van der Waals surface area contributed by atoms with Crippen LogP contribution in [0.15, 0.2) is 75.2 Å². The van der Waals surface area contributed by atoms with Gasteiger partial charge < -0.3 is 9.67 Å². The summed E-state index contributed by atoms with van der Waals surface area (Å²) < 4.78 is 4.02. The SMILES string of the molecule is CCCc1nc2ccc(Br)cc2c(=O)n1N=Cc1cccn1-c1ccc(C(=O)O)cc1. The molecule has 31 heavy (non-hydrogen) atoms. The first-order chi connectivity index (χ1) is 15.0. The van der Waals surface area contributed by atoms with E-state index in [0.717, 1.165) is 22.3 Å². The highest BCUT2D eigenvalue weighted by Gasteiger charge is 2.11. The van der Waals surface area contributed by atoms with Crippen LogP contribution in [-0.4, -0.2) is 31.5 Å². The third kappa shape index (κ3) is 4.20. The normalized spacial score (nSPS) is 11.4. The van der Waals surface area contributed by atoms with Gasteiger partial charge in [0.05, 0.1) is 28.4 Å². The second-order valence-electron chi connectivity index (χ2n) is 6.96. The average Bonchev–Trinajstić information content (AvgIpc) is 3.23. The standard InChI is InChI=1S/C23H19BrN4O3/c1-2-4-21-26-20-11-8-16(24)13-19(20)22(29)28(21)25-14-18-5-3-12-27(18)17-9-6-15(7-10-17)23(30)31/h3,5-14H,2,4H2,1H3,(H,30,31). The zero-order valence-corrected chi connectivity index (χ0v) is 18.3. The summed E-state index contributed by atoms with van der Waals surface area (Å²) in [7, 11) is 0. The van der Waals surface area contributed by atoms with Gasteiger partial charge in [0.2, 0.25) is 0 Å². The van der Waals surface area contributed by atoms with Crippen LogP contribution in [0.4, 0.5) is 0 Å². The van der Waals surface area contributed by atoms with Gasteiger partial charge in [-0.05, 0) is 61.0 Å². The Hall–Kier alpha value is -3.52. The lowest BCUT2D eigenvalue weighted by atomic mass is 10.2. The maximum Gasteiger partial charge on any atom is 0.335 e. The minimum Gasteiger partial charge on any atom is -0.478 e. The van der Waals surface area contributed by atoms with Crippen molar-refractivity contribution in [2.75, 3.05) is 0 Å². The Morgan fingerprint density at radius 2 is 1.97 bits per heavy atom. The van der Waals surface area contributed by atoms with Crippen LogP contribution >= 0.6 is 15.9 Å². The molecular formula is C23H19BrN4O3. The number of aromatic nitrogens is 3. The van der Waals surface area contributed by atoms with Gasteiger partial charge in [-0.15, -0.1) is 0 Å². The van der Waals surface area contributed by atoms with Gasteiger partial charge in [0.25, 0.3) is 5.56 Å². The van der Waals surface area contributed by atoms with E-state index in [1.165, 1.54) is 4.68 Å². The zero-order chi connectivity index (χ0) is 22.0. The molecule has 0 fully saturated rings. The highest BCUT2D eigenvalue weighted by Crippen LogP contribution is 2.17. The van der Waals surface area contributed by atoms with Crippen LogP contribution in [0.25, 0.3) is 16.6 Å². The van der Waals surface area contributed by atoms with E-state index in [2.05, 4.69) is 26.0 Å². The Balaban J connectivity index is 1.76. The van der Waals surface area contributed by atoms with E-state index in [4.69, 9.17) is 5.11 Å². The number of aryl methyl sites for hydroxylation is 1. The molecule has 0 aliphatic rings. The summed E-state index contributed by atoms with van der Waals surface area (Å²) in [6.45, 7) is 2.03. The van der Waals surface area contributed by atoms with Gasteiger partial charge in [-0.1, -0.05) is 22.9 Å². The third-order valence-electron chi connectivity index (χ3n) is 4.83. The van der Waals surface area contributed by atoms with Crippen molar-refractivity contribution in [3.8, 4) is 5.69 Å². The van der Waals surface area contributed by atoms with Crippen molar-refractivity contribution in [1.29, 1.82) is 0 Å². The van der Waals surface area contributed by atoms with Crippen LogP contribution in [0.2, 0.25) is 0 Å². The van der Waals surface area contributed by atoms with E-state index in [1.54, 1.807) is 36.5 Å². The van der Waals surface area contributed by atoms with E-state index in [-0.39, 0.29) is 11.1 Å². The van der Waals surface area contributed by atoms with Gasteiger partial charge in [0.1, 0.15) is 5.82 Å². The quantitative estimate of drug-likeness (QED) is 0.413. The third-order valence-corrected chi connectivity index (χ3v) is 5.32. The molecule has 156 valence electrons. The van der Waals surface area contributed by atoms with E-state index in [9.17, 15) is 9.59 Å². The molecule has 0 amide bonds. The van der Waals surface area contributed by atoms with Crippen molar-refractivity contribution in [3.05, 3.63) is 92.7 Å². The first-order valence-electron chi connectivity index (χ1n) is 9.74. The van der Waals surface area contributed by atoms with Gasteiger partial charge in [0, 0.05) is 22.8 Å². The molecule has 4 aromatic rings. The number of rotatable bonds is 6. The monoisotopic (exact) mass is 478 g/mol. The molecular weight excluding hydrogens is 460 g/mol. The Labute approximate surface area is 186 Å². The average molecular weight is 479 g/mol. The topological polar surface area (TPSA) is 89.5 Å². The molecule has 4 rings (SSSR count). The molecule has 0 saturated heterocycles. The molecule has 1 N–H and O–H groups in total. The second-order valence-corrected chi connectivity index (χ2v) is 7.87. The smallest absolute Gasteiger partial charge is 0.335 e. The summed E-state index contributed by atoms with van der Waals surface area (Å²) in [6, 6.07) is 15.7. The van der Waals surface area contributed by atoms with E-state index < -0.39 is 5.97 Å². The Morgan fingerprint density at radius 3 is 2.68 bits per heavy atom. The Bertz CT molecular complexity index is 1350. The van der Waals surface area contributed by atoms with Gasteiger partial charge in [-0.3, -0.25) is 4.79 Å². The fourth-order valence-corrected chi connectivity index (χ4v) is 3.68. The van der Waals surface area contributed by atoms with Gasteiger partial charge in [-0.2, -0.15) is 9.78 Å². The molecule has 0 aliphatic carbocycles. The van der Waals surface area contributed by atoms with Crippen molar-refractivity contribution in [3.63, 3.8) is 0 Å². The number of nitrogens with zero attached hydrogens (tertiary/aromatic N) is 4. The number of fused-ring (bicyclic) bond motifs is 1. The summed E-state index contributed by atoms with van der Waals surface area (Å²) in [6.07, 6.45) is 4.91. The van der Waals surface area contributed by atoms with E-state index in [0.29, 0.717) is 23.1 Å². The molecule has 2 aromatic carbocycles. The minimum atomic E-state index is -0.973. The van der Waals surface area contributed by atoms with Crippen LogP contribution < -0.4 is 5.56 Å². The summed E-state index contributed by atoms with van der Waals surface area (Å²) in [5, 5.41) is 14.0. The lowest BCUT2D eigenvalue weighted by Gasteiger charge is -2.10. The summed E-state index contributed by atoms with van der Waals surface area (Å²) in [4.78, 5) is 28.8. The van der Waals surface area contributed by atoms with Crippen molar-refractivity contribution < 1.29 is 9.90 Å². The number of hydrogen-bond acceptors (Lipinski definition) is 4.